The van der Waals surface area contributed by atoms with Crippen molar-refractivity contribution in [3.8, 4) is 0 Å². The van der Waals surface area contributed by atoms with Gasteiger partial charge < -0.3 is 10.1 Å². The smallest absolute Gasteiger partial charge is 0.328 e. The van der Waals surface area contributed by atoms with Gasteiger partial charge in [-0.2, -0.15) is 11.8 Å². The minimum atomic E-state index is -3.64. The third-order valence-corrected chi connectivity index (χ3v) is 5.73. The number of amides is 1. The molecule has 1 N–H and O–H groups in total. The first-order valence-electron chi connectivity index (χ1n) is 7.14. The average Bonchev–Trinajstić information content (AvgIpc) is 2.57. The Kier molecular flexibility index (Phi) is 7.71. The summed E-state index contributed by atoms with van der Waals surface area (Å²) in [7, 11) is 0.446. The molecule has 134 valence electrons. The van der Waals surface area contributed by atoms with Crippen LogP contribution >= 0.6 is 11.8 Å². The molecule has 24 heavy (non-hydrogen) atoms. The lowest BCUT2D eigenvalue weighted by Gasteiger charge is -2.17. The molecule has 9 heteroatoms. The highest BCUT2D eigenvalue weighted by Gasteiger charge is 2.23. The Morgan fingerprint density at radius 1 is 1.33 bits per heavy atom. The van der Waals surface area contributed by atoms with Gasteiger partial charge in [0.15, 0.2) is 0 Å². The zero-order valence-electron chi connectivity index (χ0n) is 14.1. The number of carbonyl (C=O) groups excluding carboxylic acids is 2. The van der Waals surface area contributed by atoms with E-state index in [0.717, 1.165) is 4.31 Å². The largest absolute Gasteiger partial charge is 0.467 e. The van der Waals surface area contributed by atoms with Crippen LogP contribution in [0.15, 0.2) is 29.2 Å². The topological polar surface area (TPSA) is 92.8 Å². The number of esters is 1. The Labute approximate surface area is 146 Å². The van der Waals surface area contributed by atoms with Crippen LogP contribution in [0.5, 0.6) is 0 Å². The summed E-state index contributed by atoms with van der Waals surface area (Å²) in [4.78, 5) is 24.1. The lowest BCUT2D eigenvalue weighted by atomic mass is 10.1. The molecule has 0 unspecified atom stereocenters. The lowest BCUT2D eigenvalue weighted by Crippen LogP contribution is -2.42. The fourth-order valence-corrected chi connectivity index (χ4v) is 3.30. The Bertz CT molecular complexity index is 689. The molecule has 0 aromatic heterocycles. The first-order valence-corrected chi connectivity index (χ1v) is 9.97. The van der Waals surface area contributed by atoms with Gasteiger partial charge in [0.1, 0.15) is 6.04 Å². The van der Waals surface area contributed by atoms with Gasteiger partial charge in [0, 0.05) is 19.7 Å². The highest BCUT2D eigenvalue weighted by molar-refractivity contribution is 7.98. The van der Waals surface area contributed by atoms with Gasteiger partial charge in [-0.3, -0.25) is 4.79 Å². The van der Waals surface area contributed by atoms with Gasteiger partial charge in [0.25, 0.3) is 5.91 Å². The van der Waals surface area contributed by atoms with Crippen molar-refractivity contribution in [1.29, 1.82) is 0 Å². The molecule has 1 aromatic carbocycles. The predicted octanol–water partition coefficient (Wildman–Crippen LogP) is 0.961. The second-order valence-corrected chi connectivity index (χ2v) is 8.28. The minimum absolute atomic E-state index is 0.0129. The summed E-state index contributed by atoms with van der Waals surface area (Å²) in [5, 5.41) is 2.59. The Morgan fingerprint density at radius 2 is 2.00 bits per heavy atom. The molecule has 0 aliphatic heterocycles. The molecule has 0 saturated carbocycles. The molecule has 0 spiro atoms. The van der Waals surface area contributed by atoms with Gasteiger partial charge in [-0.25, -0.2) is 17.5 Å². The van der Waals surface area contributed by atoms with E-state index >= 15 is 0 Å². The fraction of sp³-hybridized carbons (Fsp3) is 0.467. The van der Waals surface area contributed by atoms with Crippen LogP contribution in [-0.2, 0) is 19.6 Å². The average molecular weight is 374 g/mol. The van der Waals surface area contributed by atoms with Crippen molar-refractivity contribution < 1.29 is 22.7 Å². The van der Waals surface area contributed by atoms with E-state index < -0.39 is 27.9 Å². The van der Waals surface area contributed by atoms with Gasteiger partial charge in [0.05, 0.1) is 12.0 Å². The first-order chi connectivity index (χ1) is 11.2. The van der Waals surface area contributed by atoms with Crippen LogP contribution in [0.2, 0.25) is 0 Å². The number of hydrogen-bond acceptors (Lipinski definition) is 6. The molecule has 1 atom stereocenters. The lowest BCUT2D eigenvalue weighted by molar-refractivity contribution is -0.142. The number of nitrogens with zero attached hydrogens (tertiary/aromatic N) is 1. The van der Waals surface area contributed by atoms with Crippen molar-refractivity contribution in [3.05, 3.63) is 29.8 Å². The van der Waals surface area contributed by atoms with Crippen molar-refractivity contribution in [3.63, 3.8) is 0 Å². The van der Waals surface area contributed by atoms with Crippen molar-refractivity contribution in [2.24, 2.45) is 0 Å². The molecule has 7 nitrogen and oxygen atoms in total. The minimum Gasteiger partial charge on any atom is -0.467 e. The van der Waals surface area contributed by atoms with Gasteiger partial charge >= 0.3 is 5.97 Å². The normalized spacial score (nSPS) is 12.7. The van der Waals surface area contributed by atoms with Crippen LogP contribution in [-0.4, -0.2) is 63.9 Å². The number of thioether (sulfide) groups is 1. The number of ether oxygens (including phenoxy) is 1. The van der Waals surface area contributed by atoms with E-state index in [1.807, 2.05) is 6.26 Å². The zero-order chi connectivity index (χ0) is 18.3. The van der Waals surface area contributed by atoms with E-state index in [4.69, 9.17) is 4.74 Å². The van der Waals surface area contributed by atoms with E-state index in [-0.39, 0.29) is 10.5 Å². The zero-order valence-corrected chi connectivity index (χ0v) is 15.7. The highest BCUT2D eigenvalue weighted by Crippen LogP contribution is 2.15. The van der Waals surface area contributed by atoms with E-state index in [9.17, 15) is 18.0 Å². The second kappa shape index (κ2) is 9.05. The van der Waals surface area contributed by atoms with Crippen LogP contribution in [0.4, 0.5) is 0 Å². The van der Waals surface area contributed by atoms with Gasteiger partial charge in [0.2, 0.25) is 10.0 Å². The standard InChI is InChI=1S/C15H22N2O5S2/c1-17(2)24(20,21)12-7-5-6-11(10-12)14(18)16-13(8-9-23-4)15(19)22-3/h5-7,10,13H,8-9H2,1-4H3,(H,16,18)/t13-/m1/s1. The van der Waals surface area contributed by atoms with Gasteiger partial charge in [-0.1, -0.05) is 6.07 Å². The Hall–Kier alpha value is -1.58. The van der Waals surface area contributed by atoms with Crippen LogP contribution < -0.4 is 5.32 Å². The summed E-state index contributed by atoms with van der Waals surface area (Å²) in [5.41, 5.74) is 0.163. The summed E-state index contributed by atoms with van der Waals surface area (Å²) in [5.74, 6) is -0.383. The van der Waals surface area contributed by atoms with Gasteiger partial charge in [-0.05, 0) is 36.6 Å². The van der Waals surface area contributed by atoms with Crippen LogP contribution in [0.25, 0.3) is 0 Å². The van der Waals surface area contributed by atoms with Crippen LogP contribution in [0, 0.1) is 0 Å². The van der Waals surface area contributed by atoms with Crippen molar-refractivity contribution >= 4 is 33.7 Å². The molecule has 1 aromatic rings. The molecule has 0 aliphatic carbocycles. The SMILES string of the molecule is COC(=O)[C@@H](CCSC)NC(=O)c1cccc(S(=O)(=O)N(C)C)c1. The molecule has 0 heterocycles. The third kappa shape index (κ3) is 5.22. The van der Waals surface area contributed by atoms with Crippen molar-refractivity contribution in [2.45, 2.75) is 17.4 Å². The van der Waals surface area contributed by atoms with Crippen molar-refractivity contribution in [2.75, 3.05) is 33.2 Å². The van der Waals surface area contributed by atoms with Crippen LogP contribution in [0.3, 0.4) is 0 Å². The number of nitrogens with one attached hydrogen (secondary N) is 1. The molecule has 0 fully saturated rings. The Balaban J connectivity index is 3.00. The van der Waals surface area contributed by atoms with E-state index in [1.165, 1.54) is 45.5 Å². The van der Waals surface area contributed by atoms with E-state index in [0.29, 0.717) is 12.2 Å². The molecule has 1 rings (SSSR count). The van der Waals surface area contributed by atoms with Crippen LogP contribution in [0.1, 0.15) is 16.8 Å². The number of carbonyl (C=O) groups is 2. The summed E-state index contributed by atoms with van der Waals surface area (Å²) in [6, 6.07) is 4.91. The van der Waals surface area contributed by atoms with Crippen molar-refractivity contribution in [1.82, 2.24) is 9.62 Å². The number of hydrogen-bond donors (Lipinski definition) is 1. The molecular formula is C15H22N2O5S2. The monoisotopic (exact) mass is 374 g/mol. The molecule has 0 aliphatic rings. The highest BCUT2D eigenvalue weighted by atomic mass is 32.2. The molecule has 1 amide bonds. The number of benzene rings is 1. The summed E-state index contributed by atoms with van der Waals surface area (Å²) in [6.07, 6.45) is 2.32. The van der Waals surface area contributed by atoms with E-state index in [2.05, 4.69) is 5.32 Å². The predicted molar refractivity (Wildman–Crippen MR) is 93.6 cm³/mol. The molecule has 0 saturated heterocycles. The summed E-state index contributed by atoms with van der Waals surface area (Å²) in [6.45, 7) is 0. The third-order valence-electron chi connectivity index (χ3n) is 3.28. The Morgan fingerprint density at radius 3 is 2.54 bits per heavy atom. The second-order valence-electron chi connectivity index (χ2n) is 5.15. The maximum Gasteiger partial charge on any atom is 0.328 e. The molecule has 0 radical (unpaired) electrons. The quantitative estimate of drug-likeness (QED) is 0.682. The maximum absolute atomic E-state index is 12.4. The number of methoxy groups -OCH3 is 1. The number of rotatable bonds is 8. The van der Waals surface area contributed by atoms with Gasteiger partial charge in [-0.15, -0.1) is 0 Å². The number of sulfonamides is 1. The molecular weight excluding hydrogens is 352 g/mol. The van der Waals surface area contributed by atoms with E-state index in [1.54, 1.807) is 11.8 Å². The summed E-state index contributed by atoms with van der Waals surface area (Å²) < 4.78 is 30.0. The summed E-state index contributed by atoms with van der Waals surface area (Å²) >= 11 is 1.55. The first kappa shape index (κ1) is 20.5. The maximum atomic E-state index is 12.4. The fourth-order valence-electron chi connectivity index (χ4n) is 1.88. The molecule has 0 bridgehead atoms.